The first-order valence-corrected chi connectivity index (χ1v) is 9.53. The van der Waals surface area contributed by atoms with Crippen LogP contribution in [-0.2, 0) is 17.5 Å². The number of aryl methyl sites for hydroxylation is 1. The van der Waals surface area contributed by atoms with E-state index in [2.05, 4.69) is 5.10 Å². The van der Waals surface area contributed by atoms with E-state index < -0.39 is 17.9 Å². The van der Waals surface area contributed by atoms with Gasteiger partial charge in [0.05, 0.1) is 0 Å². The van der Waals surface area contributed by atoms with Crippen LogP contribution in [0, 0.1) is 12.7 Å². The number of alkyl halides is 3. The lowest BCUT2D eigenvalue weighted by molar-refractivity contribution is -0.143. The van der Waals surface area contributed by atoms with E-state index in [1.807, 2.05) is 4.90 Å². The lowest BCUT2D eigenvalue weighted by Gasteiger charge is -2.36. The van der Waals surface area contributed by atoms with Crippen LogP contribution in [0.4, 0.5) is 17.6 Å². The van der Waals surface area contributed by atoms with Gasteiger partial charge in [-0.1, -0.05) is 17.7 Å². The van der Waals surface area contributed by atoms with Gasteiger partial charge < -0.3 is 4.90 Å². The molecular weight excluding hydrogens is 412 g/mol. The Kier molecular flexibility index (Phi) is 6.19. The molecule has 0 aliphatic carbocycles. The van der Waals surface area contributed by atoms with E-state index in [9.17, 15) is 22.4 Å². The molecule has 1 aliphatic rings. The fourth-order valence-electron chi connectivity index (χ4n) is 3.42. The van der Waals surface area contributed by atoms with Gasteiger partial charge in [-0.2, -0.15) is 18.3 Å². The van der Waals surface area contributed by atoms with Gasteiger partial charge in [0.2, 0.25) is 5.91 Å². The van der Waals surface area contributed by atoms with Gasteiger partial charge in [-0.25, -0.2) is 4.39 Å². The van der Waals surface area contributed by atoms with Crippen molar-refractivity contribution in [2.24, 2.45) is 0 Å². The predicted octanol–water partition coefficient (Wildman–Crippen LogP) is 3.91. The first-order chi connectivity index (χ1) is 13.6. The fraction of sp³-hybridized carbons (Fsp3) is 0.474. The Morgan fingerprint density at radius 1 is 1.24 bits per heavy atom. The lowest BCUT2D eigenvalue weighted by atomic mass is 10.1. The molecule has 158 valence electrons. The number of rotatable bonds is 4. The van der Waals surface area contributed by atoms with E-state index in [0.29, 0.717) is 43.3 Å². The monoisotopic (exact) mass is 432 g/mol. The van der Waals surface area contributed by atoms with Crippen LogP contribution in [0.3, 0.4) is 0 Å². The minimum absolute atomic E-state index is 0.269. The highest BCUT2D eigenvalue weighted by molar-refractivity contribution is 6.31. The van der Waals surface area contributed by atoms with E-state index in [-0.39, 0.29) is 17.4 Å². The molecule has 0 spiro atoms. The molecule has 0 saturated carbocycles. The smallest absolute Gasteiger partial charge is 0.338 e. The van der Waals surface area contributed by atoms with E-state index in [1.54, 1.807) is 17.0 Å². The Bertz CT molecular complexity index is 871. The molecule has 1 atom stereocenters. The van der Waals surface area contributed by atoms with E-state index in [4.69, 9.17) is 11.6 Å². The van der Waals surface area contributed by atoms with Crippen molar-refractivity contribution in [2.45, 2.75) is 32.6 Å². The van der Waals surface area contributed by atoms with Gasteiger partial charge in [-0.15, -0.1) is 0 Å². The van der Waals surface area contributed by atoms with Crippen LogP contribution in [0.1, 0.15) is 29.9 Å². The van der Waals surface area contributed by atoms with Crippen LogP contribution in [0.2, 0.25) is 5.02 Å². The number of aromatic nitrogens is 2. The Labute approximate surface area is 170 Å². The molecule has 0 bridgehead atoms. The molecule has 3 rings (SSSR count). The molecule has 0 radical (unpaired) electrons. The summed E-state index contributed by atoms with van der Waals surface area (Å²) in [5.74, 6) is -0.673. The maximum Gasteiger partial charge on any atom is 0.435 e. The summed E-state index contributed by atoms with van der Waals surface area (Å²) in [4.78, 5) is 16.3. The van der Waals surface area contributed by atoms with Crippen molar-refractivity contribution < 1.29 is 22.4 Å². The molecule has 1 saturated heterocycles. The van der Waals surface area contributed by atoms with Gasteiger partial charge in [-0.05, 0) is 32.0 Å². The molecule has 2 aromatic rings. The summed E-state index contributed by atoms with van der Waals surface area (Å²) in [6, 6.07) is 4.60. The third-order valence-electron chi connectivity index (χ3n) is 5.06. The first kappa shape index (κ1) is 21.6. The standard InChI is InChI=1S/C19H21ClF4N4O/c1-12-10-17(19(22,23)24)25-28(12)13(2)18(29)27-8-6-26(7-9-27)11-14-15(20)4-3-5-16(14)21/h3-5,10,13H,6-9,11H2,1-2H3. The van der Waals surface area contributed by atoms with E-state index in [1.165, 1.54) is 19.9 Å². The molecular formula is C19H21ClF4N4O. The quantitative estimate of drug-likeness (QED) is 0.688. The van der Waals surface area contributed by atoms with Crippen LogP contribution >= 0.6 is 11.6 Å². The Morgan fingerprint density at radius 2 is 1.90 bits per heavy atom. The van der Waals surface area contributed by atoms with Crippen molar-refractivity contribution in [3.05, 3.63) is 52.1 Å². The highest BCUT2D eigenvalue weighted by Gasteiger charge is 2.36. The largest absolute Gasteiger partial charge is 0.435 e. The second-order valence-corrected chi connectivity index (χ2v) is 7.50. The van der Waals surface area contributed by atoms with Gasteiger partial charge in [0.1, 0.15) is 11.9 Å². The number of nitrogens with zero attached hydrogens (tertiary/aromatic N) is 4. The van der Waals surface area contributed by atoms with Crippen molar-refractivity contribution in [1.29, 1.82) is 0 Å². The number of halogens is 5. The molecule has 0 N–H and O–H groups in total. The van der Waals surface area contributed by atoms with Crippen LogP contribution in [-0.4, -0.2) is 51.7 Å². The molecule has 1 aromatic heterocycles. The van der Waals surface area contributed by atoms with Gasteiger partial charge in [-0.3, -0.25) is 14.4 Å². The minimum Gasteiger partial charge on any atom is -0.338 e. The summed E-state index contributed by atoms with van der Waals surface area (Å²) in [5.41, 5.74) is -0.332. The number of carbonyl (C=O) groups excluding carboxylic acids is 1. The highest BCUT2D eigenvalue weighted by atomic mass is 35.5. The zero-order valence-corrected chi connectivity index (χ0v) is 16.8. The van der Waals surface area contributed by atoms with Crippen molar-refractivity contribution in [3.8, 4) is 0 Å². The zero-order valence-electron chi connectivity index (χ0n) is 16.0. The highest BCUT2D eigenvalue weighted by Crippen LogP contribution is 2.29. The summed E-state index contributed by atoms with van der Waals surface area (Å²) in [7, 11) is 0. The SMILES string of the molecule is Cc1cc(C(F)(F)F)nn1C(C)C(=O)N1CCN(Cc2c(F)cccc2Cl)CC1. The minimum atomic E-state index is -4.56. The molecule has 1 fully saturated rings. The van der Waals surface area contributed by atoms with Crippen molar-refractivity contribution in [2.75, 3.05) is 26.2 Å². The predicted molar refractivity (Wildman–Crippen MR) is 99.9 cm³/mol. The molecule has 1 unspecified atom stereocenters. The number of amides is 1. The zero-order chi connectivity index (χ0) is 21.3. The van der Waals surface area contributed by atoms with E-state index in [0.717, 1.165) is 10.7 Å². The Hall–Kier alpha value is -2.13. The second kappa shape index (κ2) is 8.31. The van der Waals surface area contributed by atoms with Crippen LogP contribution < -0.4 is 0 Å². The van der Waals surface area contributed by atoms with Gasteiger partial charge in [0, 0.05) is 49.0 Å². The number of hydrogen-bond donors (Lipinski definition) is 0. The van der Waals surface area contributed by atoms with Gasteiger partial charge >= 0.3 is 6.18 Å². The molecule has 2 heterocycles. The average Bonchev–Trinajstić information content (AvgIpc) is 3.06. The summed E-state index contributed by atoms with van der Waals surface area (Å²) in [6.45, 7) is 5.15. The summed E-state index contributed by atoms with van der Waals surface area (Å²) >= 11 is 6.07. The van der Waals surface area contributed by atoms with Gasteiger partial charge in [0.25, 0.3) is 0 Å². The molecule has 1 amide bonds. The maximum atomic E-state index is 14.0. The second-order valence-electron chi connectivity index (χ2n) is 7.09. The van der Waals surface area contributed by atoms with Crippen molar-refractivity contribution >= 4 is 17.5 Å². The van der Waals surface area contributed by atoms with Crippen molar-refractivity contribution in [3.63, 3.8) is 0 Å². The average molecular weight is 433 g/mol. The maximum absolute atomic E-state index is 14.0. The Morgan fingerprint density at radius 3 is 2.45 bits per heavy atom. The molecule has 10 heteroatoms. The number of benzene rings is 1. The molecule has 1 aromatic carbocycles. The summed E-state index contributed by atoms with van der Waals surface area (Å²) in [6.07, 6.45) is -4.56. The fourth-order valence-corrected chi connectivity index (χ4v) is 3.64. The first-order valence-electron chi connectivity index (χ1n) is 9.15. The van der Waals surface area contributed by atoms with E-state index >= 15 is 0 Å². The summed E-state index contributed by atoms with van der Waals surface area (Å²) < 4.78 is 53.7. The van der Waals surface area contributed by atoms with Crippen LogP contribution in [0.25, 0.3) is 0 Å². The topological polar surface area (TPSA) is 41.4 Å². The number of hydrogen-bond acceptors (Lipinski definition) is 3. The van der Waals surface area contributed by atoms with Crippen molar-refractivity contribution in [1.82, 2.24) is 19.6 Å². The molecule has 29 heavy (non-hydrogen) atoms. The third kappa shape index (κ3) is 4.72. The Balaban J connectivity index is 1.62. The normalized spacial score (nSPS) is 16.9. The molecule has 1 aliphatic heterocycles. The third-order valence-corrected chi connectivity index (χ3v) is 5.42. The van der Waals surface area contributed by atoms with Gasteiger partial charge in [0.15, 0.2) is 5.69 Å². The summed E-state index contributed by atoms with van der Waals surface area (Å²) in [5, 5.41) is 3.92. The molecule has 5 nitrogen and oxygen atoms in total. The lowest BCUT2D eigenvalue weighted by Crippen LogP contribution is -2.50. The van der Waals surface area contributed by atoms with Crippen LogP contribution in [0.15, 0.2) is 24.3 Å². The number of piperazine rings is 1. The number of carbonyl (C=O) groups is 1. The van der Waals surface area contributed by atoms with Crippen LogP contribution in [0.5, 0.6) is 0 Å².